The normalized spacial score (nSPS) is 18.1. The number of anilines is 1. The molecule has 0 bridgehead atoms. The zero-order valence-corrected chi connectivity index (χ0v) is 12.9. The average molecular weight is 284 g/mol. The number of likely N-dealkylation sites (N-methyl/N-ethyl adjacent to an activating group) is 1. The summed E-state index contributed by atoms with van der Waals surface area (Å²) in [5.74, 6) is 1.08. The van der Waals surface area contributed by atoms with Crippen LogP contribution in [0.15, 0.2) is 30.3 Å². The fourth-order valence-electron chi connectivity index (χ4n) is 2.89. The zero-order valence-electron chi connectivity index (χ0n) is 12.9. The van der Waals surface area contributed by atoms with Crippen LogP contribution in [-0.4, -0.2) is 43.1 Å². The van der Waals surface area contributed by atoms with Gasteiger partial charge in [-0.25, -0.2) is 4.98 Å². The summed E-state index contributed by atoms with van der Waals surface area (Å²) in [6.45, 7) is 6.33. The Hall–Kier alpha value is -1.65. The molecule has 2 aromatic rings. The molecular weight excluding hydrogens is 260 g/mol. The second-order valence-corrected chi connectivity index (χ2v) is 5.90. The van der Waals surface area contributed by atoms with Crippen LogP contribution in [0.2, 0.25) is 0 Å². The van der Waals surface area contributed by atoms with E-state index in [2.05, 4.69) is 48.0 Å². The summed E-state index contributed by atoms with van der Waals surface area (Å²) in [7, 11) is 2.17. The lowest BCUT2D eigenvalue weighted by molar-refractivity contribution is 0.311. The molecule has 2 N–H and O–H groups in total. The van der Waals surface area contributed by atoms with Gasteiger partial charge in [0.15, 0.2) is 0 Å². The quantitative estimate of drug-likeness (QED) is 0.940. The predicted octanol–water partition coefficient (Wildman–Crippen LogP) is 2.40. The van der Waals surface area contributed by atoms with Crippen molar-refractivity contribution < 1.29 is 0 Å². The van der Waals surface area contributed by atoms with E-state index in [1.807, 2.05) is 6.07 Å². The van der Waals surface area contributed by atoms with Gasteiger partial charge in [-0.1, -0.05) is 25.1 Å². The average Bonchev–Trinajstić information content (AvgIpc) is 2.53. The highest BCUT2D eigenvalue weighted by Gasteiger charge is 2.21. The minimum atomic E-state index is 0.0526. The maximum Gasteiger partial charge on any atom is 0.134 e. The first-order chi connectivity index (χ1) is 10.2. The highest BCUT2D eigenvalue weighted by Crippen LogP contribution is 2.29. The van der Waals surface area contributed by atoms with Gasteiger partial charge in [0.05, 0.1) is 5.52 Å². The number of rotatable bonds is 3. The Bertz CT molecular complexity index is 617. The van der Waals surface area contributed by atoms with Crippen LogP contribution in [0.3, 0.4) is 0 Å². The summed E-state index contributed by atoms with van der Waals surface area (Å²) in [5.41, 5.74) is 8.58. The van der Waals surface area contributed by atoms with Crippen LogP contribution in [0, 0.1) is 0 Å². The van der Waals surface area contributed by atoms with E-state index in [1.165, 1.54) is 10.9 Å². The summed E-state index contributed by atoms with van der Waals surface area (Å²) >= 11 is 0. The van der Waals surface area contributed by atoms with Crippen LogP contribution in [0.25, 0.3) is 10.9 Å². The van der Waals surface area contributed by atoms with E-state index >= 15 is 0 Å². The van der Waals surface area contributed by atoms with Crippen molar-refractivity contribution in [2.75, 3.05) is 38.1 Å². The standard InChI is InChI=1S/C17H24N4/c1-3-15(18)14-12-13-6-4-5-7-16(13)19-17(14)21-10-8-20(2)9-11-21/h4-7,12,15H,3,8-11,18H2,1-2H3. The Morgan fingerprint density at radius 3 is 2.62 bits per heavy atom. The number of fused-ring (bicyclic) bond motifs is 1. The van der Waals surface area contributed by atoms with Gasteiger partial charge in [-0.05, 0) is 25.6 Å². The molecule has 1 unspecified atom stereocenters. The first kappa shape index (κ1) is 14.3. The van der Waals surface area contributed by atoms with Gasteiger partial charge in [-0.3, -0.25) is 0 Å². The van der Waals surface area contributed by atoms with Gasteiger partial charge in [0.2, 0.25) is 0 Å². The van der Waals surface area contributed by atoms with Gasteiger partial charge >= 0.3 is 0 Å². The number of nitrogens with zero attached hydrogens (tertiary/aromatic N) is 3. The maximum absolute atomic E-state index is 6.34. The maximum atomic E-state index is 6.34. The molecule has 1 aromatic carbocycles. The molecular formula is C17H24N4. The topological polar surface area (TPSA) is 45.4 Å². The van der Waals surface area contributed by atoms with Gasteiger partial charge in [0, 0.05) is 43.2 Å². The van der Waals surface area contributed by atoms with Gasteiger partial charge in [-0.15, -0.1) is 0 Å². The minimum Gasteiger partial charge on any atom is -0.354 e. The summed E-state index contributed by atoms with van der Waals surface area (Å²) < 4.78 is 0. The smallest absolute Gasteiger partial charge is 0.134 e. The molecule has 1 fully saturated rings. The predicted molar refractivity (Wildman–Crippen MR) is 88.7 cm³/mol. The molecule has 0 amide bonds. The summed E-state index contributed by atoms with van der Waals surface area (Å²) in [4.78, 5) is 9.66. The molecule has 0 saturated carbocycles. The molecule has 3 rings (SSSR count). The van der Waals surface area contributed by atoms with Crippen molar-refractivity contribution in [1.82, 2.24) is 9.88 Å². The molecule has 1 aliphatic rings. The Morgan fingerprint density at radius 2 is 1.90 bits per heavy atom. The van der Waals surface area contributed by atoms with Crippen molar-refractivity contribution >= 4 is 16.7 Å². The van der Waals surface area contributed by atoms with E-state index in [-0.39, 0.29) is 6.04 Å². The molecule has 1 atom stereocenters. The Labute approximate surface area is 126 Å². The number of piperazine rings is 1. The second kappa shape index (κ2) is 6.00. The zero-order chi connectivity index (χ0) is 14.8. The summed E-state index contributed by atoms with van der Waals surface area (Å²) in [5, 5.41) is 1.18. The van der Waals surface area contributed by atoms with Crippen LogP contribution < -0.4 is 10.6 Å². The van der Waals surface area contributed by atoms with Crippen molar-refractivity contribution in [3.05, 3.63) is 35.9 Å². The third-order valence-electron chi connectivity index (χ3n) is 4.37. The first-order valence-corrected chi connectivity index (χ1v) is 7.78. The number of hydrogen-bond acceptors (Lipinski definition) is 4. The van der Waals surface area contributed by atoms with Crippen LogP contribution >= 0.6 is 0 Å². The molecule has 0 aliphatic carbocycles. The molecule has 4 nitrogen and oxygen atoms in total. The number of para-hydroxylation sites is 1. The molecule has 21 heavy (non-hydrogen) atoms. The molecule has 4 heteroatoms. The largest absolute Gasteiger partial charge is 0.354 e. The molecule has 2 heterocycles. The van der Waals surface area contributed by atoms with Gasteiger partial charge in [0.1, 0.15) is 5.82 Å². The number of nitrogens with two attached hydrogens (primary N) is 1. The van der Waals surface area contributed by atoms with Crippen molar-refractivity contribution in [1.29, 1.82) is 0 Å². The van der Waals surface area contributed by atoms with Crippen LogP contribution in [0.1, 0.15) is 24.9 Å². The van der Waals surface area contributed by atoms with Gasteiger partial charge in [0.25, 0.3) is 0 Å². The molecule has 1 aromatic heterocycles. The molecule has 112 valence electrons. The Kier molecular flexibility index (Phi) is 4.08. The van der Waals surface area contributed by atoms with Crippen LogP contribution in [0.5, 0.6) is 0 Å². The third kappa shape index (κ3) is 2.87. The fraction of sp³-hybridized carbons (Fsp3) is 0.471. The van der Waals surface area contributed by atoms with E-state index in [4.69, 9.17) is 10.7 Å². The minimum absolute atomic E-state index is 0.0526. The summed E-state index contributed by atoms with van der Waals surface area (Å²) in [6.07, 6.45) is 0.931. The lowest BCUT2D eigenvalue weighted by Crippen LogP contribution is -2.45. The second-order valence-electron chi connectivity index (χ2n) is 5.90. The Morgan fingerprint density at radius 1 is 1.19 bits per heavy atom. The monoisotopic (exact) mass is 284 g/mol. The van der Waals surface area contributed by atoms with E-state index in [0.717, 1.165) is 43.9 Å². The van der Waals surface area contributed by atoms with Crippen molar-refractivity contribution in [3.63, 3.8) is 0 Å². The van der Waals surface area contributed by atoms with E-state index in [9.17, 15) is 0 Å². The number of benzene rings is 1. The van der Waals surface area contributed by atoms with E-state index in [0.29, 0.717) is 0 Å². The highest BCUT2D eigenvalue weighted by atomic mass is 15.3. The van der Waals surface area contributed by atoms with E-state index in [1.54, 1.807) is 0 Å². The Balaban J connectivity index is 2.05. The number of pyridine rings is 1. The SMILES string of the molecule is CCC(N)c1cc2ccccc2nc1N1CCN(C)CC1. The highest BCUT2D eigenvalue weighted by molar-refractivity contribution is 5.82. The first-order valence-electron chi connectivity index (χ1n) is 7.78. The molecule has 1 saturated heterocycles. The van der Waals surface area contributed by atoms with Gasteiger partial charge < -0.3 is 15.5 Å². The van der Waals surface area contributed by atoms with Gasteiger partial charge in [-0.2, -0.15) is 0 Å². The van der Waals surface area contributed by atoms with Crippen LogP contribution in [0.4, 0.5) is 5.82 Å². The van der Waals surface area contributed by atoms with E-state index < -0.39 is 0 Å². The molecule has 0 spiro atoms. The lowest BCUT2D eigenvalue weighted by atomic mass is 10.0. The van der Waals surface area contributed by atoms with Crippen molar-refractivity contribution in [3.8, 4) is 0 Å². The number of aromatic nitrogens is 1. The lowest BCUT2D eigenvalue weighted by Gasteiger charge is -2.35. The molecule has 1 aliphatic heterocycles. The molecule has 0 radical (unpaired) electrons. The number of hydrogen-bond donors (Lipinski definition) is 1. The third-order valence-corrected chi connectivity index (χ3v) is 4.37. The van der Waals surface area contributed by atoms with Crippen LogP contribution in [-0.2, 0) is 0 Å². The fourth-order valence-corrected chi connectivity index (χ4v) is 2.89. The van der Waals surface area contributed by atoms with Crippen molar-refractivity contribution in [2.45, 2.75) is 19.4 Å². The summed E-state index contributed by atoms with van der Waals surface area (Å²) in [6, 6.07) is 10.6. The van der Waals surface area contributed by atoms with Crippen molar-refractivity contribution in [2.24, 2.45) is 5.73 Å².